The summed E-state index contributed by atoms with van der Waals surface area (Å²) in [6.07, 6.45) is 0. The molecule has 0 heterocycles. The molecule has 0 aliphatic heterocycles. The Labute approximate surface area is 134 Å². The Morgan fingerprint density at radius 1 is 1.10 bits per heavy atom. The van der Waals surface area contributed by atoms with Gasteiger partial charge in [-0.3, -0.25) is 0 Å². The smallest absolute Gasteiger partial charge is 0.132 e. The zero-order valence-corrected chi connectivity index (χ0v) is 14.3. The summed E-state index contributed by atoms with van der Waals surface area (Å²) in [6.45, 7) is 1.98. The molecule has 1 unspecified atom stereocenters. The zero-order chi connectivity index (χ0) is 14.9. The number of aryl methyl sites for hydroxylation is 1. The van der Waals surface area contributed by atoms with Gasteiger partial charge in [-0.05, 0) is 36.2 Å². The fourth-order valence-electron chi connectivity index (χ4n) is 1.95. The Kier molecular flexibility index (Phi) is 4.83. The molecule has 0 amide bonds. The van der Waals surface area contributed by atoms with Crippen LogP contribution in [-0.2, 0) is 0 Å². The number of rotatable bonds is 3. The lowest BCUT2D eigenvalue weighted by Crippen LogP contribution is -2.14. The molecule has 1 atom stereocenters. The molecule has 0 spiro atoms. The van der Waals surface area contributed by atoms with Gasteiger partial charge in [0.15, 0.2) is 0 Å². The third-order valence-electron chi connectivity index (χ3n) is 3.16. The molecule has 0 saturated carbocycles. The second-order valence-electron chi connectivity index (χ2n) is 4.49. The van der Waals surface area contributed by atoms with E-state index in [9.17, 15) is 4.39 Å². The van der Waals surface area contributed by atoms with Gasteiger partial charge >= 0.3 is 0 Å². The van der Waals surface area contributed by atoms with Gasteiger partial charge in [0.2, 0.25) is 0 Å². The van der Waals surface area contributed by atoms with Crippen molar-refractivity contribution in [2.45, 2.75) is 13.0 Å². The van der Waals surface area contributed by atoms with E-state index in [4.69, 9.17) is 10.5 Å². The molecular formula is C15H14Br2FNO. The number of ether oxygens (including phenoxy) is 1. The molecule has 2 aromatic carbocycles. The second kappa shape index (κ2) is 6.24. The van der Waals surface area contributed by atoms with E-state index in [1.54, 1.807) is 12.1 Å². The maximum absolute atomic E-state index is 14.1. The lowest BCUT2D eigenvalue weighted by atomic mass is 9.98. The molecular weight excluding hydrogens is 389 g/mol. The molecule has 0 aliphatic carbocycles. The third kappa shape index (κ3) is 3.05. The monoisotopic (exact) mass is 401 g/mol. The van der Waals surface area contributed by atoms with E-state index in [-0.39, 0.29) is 5.82 Å². The standard InChI is InChI=1S/C15H14Br2FNO/c1-8-5-13(17)11(7-12(8)16)15(19)10-4-3-9(20-2)6-14(10)18/h3-7,15H,19H2,1-2H3. The second-order valence-corrected chi connectivity index (χ2v) is 6.20. The van der Waals surface area contributed by atoms with Crippen molar-refractivity contribution in [3.8, 4) is 5.75 Å². The van der Waals surface area contributed by atoms with Crippen LogP contribution in [0.1, 0.15) is 22.7 Å². The third-order valence-corrected chi connectivity index (χ3v) is 4.70. The van der Waals surface area contributed by atoms with Crippen molar-refractivity contribution in [2.75, 3.05) is 7.11 Å². The summed E-state index contributed by atoms with van der Waals surface area (Å²) < 4.78 is 20.9. The Balaban J connectivity index is 2.46. The summed E-state index contributed by atoms with van der Waals surface area (Å²) in [5.41, 5.74) is 8.54. The van der Waals surface area contributed by atoms with Gasteiger partial charge in [0, 0.05) is 20.6 Å². The minimum Gasteiger partial charge on any atom is -0.497 e. The van der Waals surface area contributed by atoms with Gasteiger partial charge in [-0.25, -0.2) is 4.39 Å². The van der Waals surface area contributed by atoms with Crippen LogP contribution in [0.15, 0.2) is 39.3 Å². The van der Waals surface area contributed by atoms with Crippen LogP contribution in [0.4, 0.5) is 4.39 Å². The summed E-state index contributed by atoms with van der Waals surface area (Å²) in [5.74, 6) is 0.100. The van der Waals surface area contributed by atoms with Crippen molar-refractivity contribution < 1.29 is 9.13 Å². The molecule has 0 aliphatic rings. The molecule has 5 heteroatoms. The van der Waals surface area contributed by atoms with E-state index < -0.39 is 6.04 Å². The maximum atomic E-state index is 14.1. The van der Waals surface area contributed by atoms with Gasteiger partial charge < -0.3 is 10.5 Å². The molecule has 106 valence electrons. The Morgan fingerprint density at radius 3 is 2.40 bits per heavy atom. The highest BCUT2D eigenvalue weighted by atomic mass is 79.9. The maximum Gasteiger partial charge on any atom is 0.132 e. The fraction of sp³-hybridized carbons (Fsp3) is 0.200. The van der Waals surface area contributed by atoms with Gasteiger partial charge in [-0.2, -0.15) is 0 Å². The highest BCUT2D eigenvalue weighted by Gasteiger charge is 2.17. The Bertz CT molecular complexity index is 646. The molecule has 2 aromatic rings. The first kappa shape index (κ1) is 15.5. The molecule has 2 N–H and O–H groups in total. The first-order valence-corrected chi connectivity index (χ1v) is 7.57. The summed E-state index contributed by atoms with van der Waals surface area (Å²) in [7, 11) is 1.50. The minimum atomic E-state index is -0.549. The molecule has 0 bridgehead atoms. The van der Waals surface area contributed by atoms with Gasteiger partial charge in [-0.15, -0.1) is 0 Å². The van der Waals surface area contributed by atoms with Crippen molar-refractivity contribution in [1.82, 2.24) is 0 Å². The highest BCUT2D eigenvalue weighted by Crippen LogP contribution is 2.33. The van der Waals surface area contributed by atoms with E-state index >= 15 is 0 Å². The Morgan fingerprint density at radius 2 is 1.80 bits per heavy atom. The number of halogens is 3. The van der Waals surface area contributed by atoms with Crippen LogP contribution < -0.4 is 10.5 Å². The van der Waals surface area contributed by atoms with Crippen LogP contribution in [0.5, 0.6) is 5.75 Å². The Hall–Kier alpha value is -0.910. The van der Waals surface area contributed by atoms with E-state index in [1.165, 1.54) is 13.2 Å². The normalized spacial score (nSPS) is 12.3. The lowest BCUT2D eigenvalue weighted by Gasteiger charge is -2.17. The first-order valence-electron chi connectivity index (χ1n) is 5.98. The van der Waals surface area contributed by atoms with Crippen molar-refractivity contribution in [2.24, 2.45) is 5.73 Å². The average molecular weight is 403 g/mol. The van der Waals surface area contributed by atoms with Crippen LogP contribution in [0, 0.1) is 12.7 Å². The minimum absolute atomic E-state index is 0.375. The van der Waals surface area contributed by atoms with E-state index in [2.05, 4.69) is 31.9 Å². The summed E-state index contributed by atoms with van der Waals surface area (Å²) >= 11 is 6.96. The summed E-state index contributed by atoms with van der Waals surface area (Å²) in [5, 5.41) is 0. The first-order chi connectivity index (χ1) is 9.43. The molecule has 0 saturated heterocycles. The molecule has 0 fully saturated rings. The van der Waals surface area contributed by atoms with Crippen LogP contribution in [0.25, 0.3) is 0 Å². The molecule has 0 radical (unpaired) electrons. The van der Waals surface area contributed by atoms with Crippen LogP contribution >= 0.6 is 31.9 Å². The predicted octanol–water partition coefficient (Wildman–Crippen LogP) is 4.72. The van der Waals surface area contributed by atoms with Crippen LogP contribution in [-0.4, -0.2) is 7.11 Å². The van der Waals surface area contributed by atoms with Crippen molar-refractivity contribution in [1.29, 1.82) is 0 Å². The quantitative estimate of drug-likeness (QED) is 0.806. The molecule has 0 aromatic heterocycles. The number of methoxy groups -OCH3 is 1. The number of hydrogen-bond donors (Lipinski definition) is 1. The predicted molar refractivity (Wildman–Crippen MR) is 85.6 cm³/mol. The van der Waals surface area contributed by atoms with Crippen LogP contribution in [0.2, 0.25) is 0 Å². The van der Waals surface area contributed by atoms with Gasteiger partial charge in [0.1, 0.15) is 11.6 Å². The molecule has 20 heavy (non-hydrogen) atoms. The number of benzene rings is 2. The van der Waals surface area contributed by atoms with Crippen molar-refractivity contribution in [3.05, 3.63) is 61.8 Å². The zero-order valence-electron chi connectivity index (χ0n) is 11.1. The summed E-state index contributed by atoms with van der Waals surface area (Å²) in [4.78, 5) is 0. The fourth-order valence-corrected chi connectivity index (χ4v) is 3.02. The summed E-state index contributed by atoms with van der Waals surface area (Å²) in [6, 6.07) is 8.02. The topological polar surface area (TPSA) is 35.2 Å². The van der Waals surface area contributed by atoms with E-state index in [0.29, 0.717) is 11.3 Å². The van der Waals surface area contributed by atoms with Crippen molar-refractivity contribution in [3.63, 3.8) is 0 Å². The van der Waals surface area contributed by atoms with E-state index in [0.717, 1.165) is 20.1 Å². The molecule has 2 nitrogen and oxygen atoms in total. The van der Waals surface area contributed by atoms with Gasteiger partial charge in [0.05, 0.1) is 13.2 Å². The number of hydrogen-bond acceptors (Lipinski definition) is 2. The highest BCUT2D eigenvalue weighted by molar-refractivity contribution is 9.11. The SMILES string of the molecule is COc1ccc(C(N)c2cc(Br)c(C)cc2Br)c(F)c1. The van der Waals surface area contributed by atoms with Crippen molar-refractivity contribution >= 4 is 31.9 Å². The molecule has 2 rings (SSSR count). The average Bonchev–Trinajstić information content (AvgIpc) is 2.42. The van der Waals surface area contributed by atoms with Crippen LogP contribution in [0.3, 0.4) is 0 Å². The largest absolute Gasteiger partial charge is 0.497 e. The van der Waals surface area contributed by atoms with E-state index in [1.807, 2.05) is 19.1 Å². The number of nitrogens with two attached hydrogens (primary N) is 1. The lowest BCUT2D eigenvalue weighted by molar-refractivity contribution is 0.410. The van der Waals surface area contributed by atoms with Gasteiger partial charge in [-0.1, -0.05) is 37.9 Å². The van der Waals surface area contributed by atoms with Gasteiger partial charge in [0.25, 0.3) is 0 Å².